The molecule has 4 nitrogen and oxygen atoms in total. The van der Waals surface area contributed by atoms with Gasteiger partial charge in [-0.25, -0.2) is 13.1 Å². The van der Waals surface area contributed by atoms with Crippen LogP contribution in [0.15, 0.2) is 59.5 Å². The molecule has 0 unspecified atom stereocenters. The molecule has 1 heterocycles. The van der Waals surface area contributed by atoms with Crippen molar-refractivity contribution >= 4 is 10.0 Å². The van der Waals surface area contributed by atoms with Gasteiger partial charge in [-0.3, -0.25) is 4.90 Å². The number of nitrogens with zero attached hydrogens (tertiary/aromatic N) is 1. The van der Waals surface area contributed by atoms with Crippen molar-refractivity contribution in [3.8, 4) is 0 Å². The largest absolute Gasteiger partial charge is 0.299 e. The molecule has 0 aromatic heterocycles. The van der Waals surface area contributed by atoms with Crippen LogP contribution in [0.5, 0.6) is 0 Å². The highest BCUT2D eigenvalue weighted by molar-refractivity contribution is 7.89. The Morgan fingerprint density at radius 1 is 0.880 bits per heavy atom. The summed E-state index contributed by atoms with van der Waals surface area (Å²) in [5.74, 6) is 0. The van der Waals surface area contributed by atoms with Crippen LogP contribution in [0.2, 0.25) is 0 Å². The van der Waals surface area contributed by atoms with Crippen molar-refractivity contribution in [2.24, 2.45) is 0 Å². The van der Waals surface area contributed by atoms with Gasteiger partial charge in [-0.1, -0.05) is 48.9 Å². The van der Waals surface area contributed by atoms with Gasteiger partial charge in [-0.05, 0) is 49.1 Å². The fraction of sp³-hybridized carbons (Fsp3) is 0.400. The van der Waals surface area contributed by atoms with E-state index in [1.807, 2.05) is 6.07 Å². The number of nitrogens with one attached hydrogen (secondary N) is 1. The first-order chi connectivity index (χ1) is 12.1. The van der Waals surface area contributed by atoms with Crippen LogP contribution >= 0.6 is 0 Å². The van der Waals surface area contributed by atoms with E-state index < -0.39 is 10.0 Å². The Kier molecular flexibility index (Phi) is 6.24. The Morgan fingerprint density at radius 2 is 1.60 bits per heavy atom. The van der Waals surface area contributed by atoms with Crippen molar-refractivity contribution in [2.75, 3.05) is 19.6 Å². The molecule has 0 saturated carbocycles. The number of hydrogen-bond donors (Lipinski definition) is 1. The molecule has 1 N–H and O–H groups in total. The monoisotopic (exact) mass is 358 g/mol. The second-order valence-corrected chi connectivity index (χ2v) is 8.33. The number of rotatable bonds is 8. The summed E-state index contributed by atoms with van der Waals surface area (Å²) in [6, 6.07) is 17.2. The highest BCUT2D eigenvalue weighted by atomic mass is 32.2. The van der Waals surface area contributed by atoms with Crippen molar-refractivity contribution < 1.29 is 8.42 Å². The molecule has 0 spiro atoms. The molecule has 0 amide bonds. The van der Waals surface area contributed by atoms with Crippen LogP contribution < -0.4 is 4.72 Å². The zero-order valence-corrected chi connectivity index (χ0v) is 15.3. The van der Waals surface area contributed by atoms with Crippen LogP contribution in [0, 0.1) is 0 Å². The minimum Gasteiger partial charge on any atom is -0.299 e. The van der Waals surface area contributed by atoms with Crippen molar-refractivity contribution in [3.63, 3.8) is 0 Å². The summed E-state index contributed by atoms with van der Waals surface area (Å²) in [5.41, 5.74) is 2.93. The van der Waals surface area contributed by atoms with E-state index in [4.69, 9.17) is 0 Å². The molecule has 0 radical (unpaired) electrons. The van der Waals surface area contributed by atoms with Gasteiger partial charge in [0.2, 0.25) is 10.0 Å². The van der Waals surface area contributed by atoms with Crippen LogP contribution in [0.25, 0.3) is 0 Å². The van der Waals surface area contributed by atoms with E-state index in [0.717, 1.165) is 45.3 Å². The third-order valence-electron chi connectivity index (χ3n) is 4.71. The smallest absolute Gasteiger partial charge is 0.240 e. The van der Waals surface area contributed by atoms with Gasteiger partial charge in [0.15, 0.2) is 0 Å². The van der Waals surface area contributed by atoms with Gasteiger partial charge in [0.1, 0.15) is 0 Å². The molecule has 1 aliphatic heterocycles. The molecular formula is C20H26N2O2S. The van der Waals surface area contributed by atoms with Gasteiger partial charge in [-0.15, -0.1) is 0 Å². The van der Waals surface area contributed by atoms with Gasteiger partial charge in [-0.2, -0.15) is 0 Å². The molecule has 1 aliphatic rings. The maximum Gasteiger partial charge on any atom is 0.240 e. The molecule has 134 valence electrons. The van der Waals surface area contributed by atoms with Gasteiger partial charge in [0, 0.05) is 19.6 Å². The van der Waals surface area contributed by atoms with Gasteiger partial charge in [0.05, 0.1) is 4.90 Å². The second-order valence-electron chi connectivity index (χ2n) is 6.57. The number of hydrogen-bond acceptors (Lipinski definition) is 3. The minimum absolute atomic E-state index is 0.335. The van der Waals surface area contributed by atoms with Gasteiger partial charge >= 0.3 is 0 Å². The average Bonchev–Trinajstić information content (AvgIpc) is 2.65. The van der Waals surface area contributed by atoms with Crippen molar-refractivity contribution in [2.45, 2.75) is 37.1 Å². The second kappa shape index (κ2) is 8.61. The van der Waals surface area contributed by atoms with Gasteiger partial charge < -0.3 is 0 Å². The van der Waals surface area contributed by atoms with Crippen LogP contribution in [0.1, 0.15) is 30.4 Å². The normalized spacial score (nSPS) is 15.0. The average molecular weight is 359 g/mol. The Hall–Kier alpha value is -1.69. The molecule has 2 aromatic rings. The van der Waals surface area contributed by atoms with Crippen molar-refractivity contribution in [1.82, 2.24) is 9.62 Å². The summed E-state index contributed by atoms with van der Waals surface area (Å²) in [4.78, 5) is 2.83. The molecule has 0 saturated heterocycles. The summed E-state index contributed by atoms with van der Waals surface area (Å²) in [7, 11) is -3.36. The lowest BCUT2D eigenvalue weighted by molar-refractivity contribution is 0.248. The third kappa shape index (κ3) is 5.14. The molecule has 25 heavy (non-hydrogen) atoms. The lowest BCUT2D eigenvalue weighted by Gasteiger charge is -2.28. The Balaban J connectivity index is 1.33. The number of fused-ring (bicyclic) bond motifs is 1. The highest BCUT2D eigenvalue weighted by Crippen LogP contribution is 2.18. The highest BCUT2D eigenvalue weighted by Gasteiger charge is 2.15. The third-order valence-corrected chi connectivity index (χ3v) is 6.18. The zero-order chi connectivity index (χ0) is 17.5. The van der Waals surface area contributed by atoms with Crippen molar-refractivity contribution in [1.29, 1.82) is 0 Å². The lowest BCUT2D eigenvalue weighted by Crippen LogP contribution is -2.31. The molecule has 0 atom stereocenters. The Morgan fingerprint density at radius 3 is 2.40 bits per heavy atom. The number of unbranched alkanes of at least 4 members (excludes halogenated alkanes) is 2. The van der Waals surface area contributed by atoms with E-state index in [1.54, 1.807) is 24.3 Å². The molecule has 0 aliphatic carbocycles. The van der Waals surface area contributed by atoms with E-state index in [2.05, 4.69) is 33.9 Å². The molecule has 0 bridgehead atoms. The maximum absolute atomic E-state index is 12.1. The minimum atomic E-state index is -3.36. The standard InChI is InChI=1S/C20H26N2O2S/c23-25(24,20-11-3-1-4-12-20)21-14-7-2-8-15-22-16-13-18-9-5-6-10-19(18)17-22/h1,3-6,9-12,21H,2,7-8,13-17H2. The lowest BCUT2D eigenvalue weighted by atomic mass is 10.00. The van der Waals surface area contributed by atoms with Crippen LogP contribution in [-0.4, -0.2) is 33.0 Å². The molecule has 0 fully saturated rings. The van der Waals surface area contributed by atoms with E-state index >= 15 is 0 Å². The topological polar surface area (TPSA) is 49.4 Å². The van der Waals surface area contributed by atoms with E-state index in [9.17, 15) is 8.42 Å². The van der Waals surface area contributed by atoms with Gasteiger partial charge in [0.25, 0.3) is 0 Å². The number of benzene rings is 2. The summed E-state index contributed by atoms with van der Waals surface area (Å²) >= 11 is 0. The fourth-order valence-electron chi connectivity index (χ4n) is 3.27. The maximum atomic E-state index is 12.1. The van der Waals surface area contributed by atoms with Crippen molar-refractivity contribution in [3.05, 3.63) is 65.7 Å². The Labute approximate surface area is 150 Å². The molecule has 3 rings (SSSR count). The zero-order valence-electron chi connectivity index (χ0n) is 14.5. The first-order valence-electron chi connectivity index (χ1n) is 8.99. The molecular weight excluding hydrogens is 332 g/mol. The summed E-state index contributed by atoms with van der Waals surface area (Å²) < 4.78 is 26.9. The predicted molar refractivity (Wildman–Crippen MR) is 101 cm³/mol. The first-order valence-corrected chi connectivity index (χ1v) is 10.5. The van der Waals surface area contributed by atoms with E-state index in [-0.39, 0.29) is 0 Å². The molecule has 5 heteroatoms. The SMILES string of the molecule is O=S(=O)(NCCCCCN1CCc2ccccc2C1)c1ccccc1. The van der Waals surface area contributed by atoms with E-state index in [1.165, 1.54) is 11.1 Å². The number of sulfonamides is 1. The first kappa shape index (κ1) is 18.1. The van der Waals surface area contributed by atoms with E-state index in [0.29, 0.717) is 11.4 Å². The summed E-state index contributed by atoms with van der Waals surface area (Å²) in [6.07, 6.45) is 4.15. The van der Waals surface area contributed by atoms with Crippen LogP contribution in [-0.2, 0) is 23.0 Å². The van der Waals surface area contributed by atoms with Crippen LogP contribution in [0.4, 0.5) is 0 Å². The summed E-state index contributed by atoms with van der Waals surface area (Å²) in [6.45, 7) is 3.74. The predicted octanol–water partition coefficient (Wildman–Crippen LogP) is 3.19. The quantitative estimate of drug-likeness (QED) is 0.737. The molecule has 2 aromatic carbocycles. The summed E-state index contributed by atoms with van der Waals surface area (Å²) in [5, 5.41) is 0. The van der Waals surface area contributed by atoms with Crippen LogP contribution in [0.3, 0.4) is 0 Å². The fourth-order valence-corrected chi connectivity index (χ4v) is 4.37. The Bertz CT molecular complexity index is 775.